The molecule has 0 aromatic heterocycles. The second-order valence-electron chi connectivity index (χ2n) is 5.00. The van der Waals surface area contributed by atoms with E-state index in [9.17, 15) is 14.7 Å². The summed E-state index contributed by atoms with van der Waals surface area (Å²) in [4.78, 5) is 25.9. The second kappa shape index (κ2) is 3.45. The van der Waals surface area contributed by atoms with Crippen LogP contribution < -0.4 is 4.90 Å². The van der Waals surface area contributed by atoms with E-state index < -0.39 is 11.8 Å². The van der Waals surface area contributed by atoms with E-state index >= 15 is 0 Å². The quantitative estimate of drug-likeness (QED) is 0.598. The van der Waals surface area contributed by atoms with Crippen molar-refractivity contribution in [3.05, 3.63) is 36.4 Å². The monoisotopic (exact) mass is 257 g/mol. The summed E-state index contributed by atoms with van der Waals surface area (Å²) in [5.41, 5.74) is 0.256. The standard InChI is InChI=1S/C14H11NO4/c16-8-4-2-1-3-7(8)15-13(17)11-9-5-6-10(19-9)12(11)14(15)18/h1-6,9-12,16H/t9-,10-,11-,12+/m1/s1. The molecule has 1 aromatic rings. The molecule has 19 heavy (non-hydrogen) atoms. The van der Waals surface area contributed by atoms with Gasteiger partial charge in [-0.3, -0.25) is 9.59 Å². The molecule has 3 heterocycles. The first-order valence-electron chi connectivity index (χ1n) is 6.18. The van der Waals surface area contributed by atoms with Gasteiger partial charge in [-0.1, -0.05) is 24.3 Å². The number of aromatic hydroxyl groups is 1. The number of phenols is 1. The number of benzene rings is 1. The summed E-state index contributed by atoms with van der Waals surface area (Å²) in [6, 6.07) is 6.38. The topological polar surface area (TPSA) is 66.8 Å². The summed E-state index contributed by atoms with van der Waals surface area (Å²) in [5, 5.41) is 9.82. The minimum atomic E-state index is -0.442. The Morgan fingerprint density at radius 1 is 1.00 bits per heavy atom. The van der Waals surface area contributed by atoms with Crippen LogP contribution in [0, 0.1) is 11.8 Å². The van der Waals surface area contributed by atoms with Crippen LogP contribution >= 0.6 is 0 Å². The molecule has 0 spiro atoms. The molecule has 4 atom stereocenters. The van der Waals surface area contributed by atoms with Gasteiger partial charge in [-0.05, 0) is 12.1 Å². The molecular weight excluding hydrogens is 246 g/mol. The van der Waals surface area contributed by atoms with Crippen molar-refractivity contribution < 1.29 is 19.4 Å². The van der Waals surface area contributed by atoms with Gasteiger partial charge >= 0.3 is 0 Å². The predicted molar refractivity (Wildman–Crippen MR) is 65.4 cm³/mol. The Labute approximate surface area is 109 Å². The molecule has 3 aliphatic heterocycles. The zero-order chi connectivity index (χ0) is 13.1. The molecule has 0 radical (unpaired) electrons. The molecule has 4 rings (SSSR count). The lowest BCUT2D eigenvalue weighted by atomic mass is 9.85. The first kappa shape index (κ1) is 10.8. The van der Waals surface area contributed by atoms with E-state index in [1.165, 1.54) is 6.07 Å². The highest BCUT2D eigenvalue weighted by atomic mass is 16.5. The summed E-state index contributed by atoms with van der Waals surface area (Å²) < 4.78 is 5.55. The first-order valence-corrected chi connectivity index (χ1v) is 6.18. The van der Waals surface area contributed by atoms with Gasteiger partial charge in [0, 0.05) is 0 Å². The van der Waals surface area contributed by atoms with Crippen molar-refractivity contribution in [3.63, 3.8) is 0 Å². The SMILES string of the molecule is O=C1[C@@H]2[C@H](C(=O)N1c1ccccc1O)[C@H]1C=C[C@H]2O1. The third kappa shape index (κ3) is 1.23. The Kier molecular flexibility index (Phi) is 1.95. The van der Waals surface area contributed by atoms with Gasteiger partial charge in [-0.2, -0.15) is 0 Å². The minimum Gasteiger partial charge on any atom is -0.506 e. The van der Waals surface area contributed by atoms with Crippen LogP contribution in [0.2, 0.25) is 0 Å². The number of phenolic OH excluding ortho intramolecular Hbond substituents is 1. The third-order valence-corrected chi connectivity index (χ3v) is 4.03. The lowest BCUT2D eigenvalue weighted by Gasteiger charge is -2.18. The van der Waals surface area contributed by atoms with Crippen LogP contribution in [0.5, 0.6) is 5.75 Å². The van der Waals surface area contributed by atoms with E-state index in [1.807, 2.05) is 12.2 Å². The molecule has 0 saturated carbocycles. The molecule has 1 N–H and O–H groups in total. The summed E-state index contributed by atoms with van der Waals surface area (Å²) in [6.45, 7) is 0. The van der Waals surface area contributed by atoms with Gasteiger partial charge in [-0.15, -0.1) is 0 Å². The van der Waals surface area contributed by atoms with Crippen molar-refractivity contribution in [2.45, 2.75) is 12.2 Å². The van der Waals surface area contributed by atoms with Gasteiger partial charge in [0.15, 0.2) is 0 Å². The zero-order valence-corrected chi connectivity index (χ0v) is 9.89. The fourth-order valence-electron chi connectivity index (χ4n) is 3.19. The van der Waals surface area contributed by atoms with Gasteiger partial charge in [0.25, 0.3) is 0 Å². The number of anilines is 1. The zero-order valence-electron chi connectivity index (χ0n) is 9.89. The second-order valence-corrected chi connectivity index (χ2v) is 5.00. The highest BCUT2D eigenvalue weighted by Crippen LogP contribution is 2.47. The molecule has 2 amide bonds. The number of para-hydroxylation sites is 2. The molecule has 96 valence electrons. The number of amides is 2. The number of hydrogen-bond acceptors (Lipinski definition) is 4. The fourth-order valence-corrected chi connectivity index (χ4v) is 3.19. The fraction of sp³-hybridized carbons (Fsp3) is 0.286. The smallest absolute Gasteiger partial charge is 0.240 e. The maximum Gasteiger partial charge on any atom is 0.240 e. The minimum absolute atomic E-state index is 0.0644. The number of carbonyl (C=O) groups excluding carboxylic acids is 2. The average Bonchev–Trinajstić information content (AvgIpc) is 3.06. The highest BCUT2D eigenvalue weighted by Gasteiger charge is 2.61. The molecule has 1 aromatic carbocycles. The largest absolute Gasteiger partial charge is 0.506 e. The van der Waals surface area contributed by atoms with E-state index in [4.69, 9.17) is 4.74 Å². The maximum atomic E-state index is 12.4. The molecule has 2 saturated heterocycles. The van der Waals surface area contributed by atoms with Crippen LogP contribution in [0.1, 0.15) is 0 Å². The Morgan fingerprint density at radius 3 is 2.16 bits per heavy atom. The lowest BCUT2D eigenvalue weighted by molar-refractivity contribution is -0.124. The molecule has 2 bridgehead atoms. The summed E-state index contributed by atoms with van der Waals surface area (Å²) in [6.07, 6.45) is 3.07. The van der Waals surface area contributed by atoms with Gasteiger partial charge in [0.2, 0.25) is 11.8 Å². The van der Waals surface area contributed by atoms with Crippen LogP contribution in [0.3, 0.4) is 0 Å². The van der Waals surface area contributed by atoms with Gasteiger partial charge in [0.1, 0.15) is 5.75 Å². The third-order valence-electron chi connectivity index (χ3n) is 4.03. The Bertz CT molecular complexity index is 594. The Hall–Kier alpha value is -2.14. The summed E-state index contributed by atoms with van der Waals surface area (Å²) >= 11 is 0. The van der Waals surface area contributed by atoms with E-state index in [0.717, 1.165) is 4.90 Å². The maximum absolute atomic E-state index is 12.4. The van der Waals surface area contributed by atoms with Crippen LogP contribution in [0.25, 0.3) is 0 Å². The number of ether oxygens (including phenoxy) is 1. The summed E-state index contributed by atoms with van der Waals surface area (Å²) in [5.74, 6) is -1.52. The van der Waals surface area contributed by atoms with Crippen molar-refractivity contribution in [1.82, 2.24) is 0 Å². The predicted octanol–water partition coefficient (Wildman–Crippen LogP) is 0.835. The van der Waals surface area contributed by atoms with Gasteiger partial charge < -0.3 is 9.84 Å². The van der Waals surface area contributed by atoms with Crippen LogP contribution in [0.4, 0.5) is 5.69 Å². The van der Waals surface area contributed by atoms with Gasteiger partial charge in [-0.25, -0.2) is 4.90 Å². The molecule has 0 unspecified atom stereocenters. The average molecular weight is 257 g/mol. The van der Waals surface area contributed by atoms with E-state index in [0.29, 0.717) is 0 Å². The number of rotatable bonds is 1. The van der Waals surface area contributed by atoms with Crippen LogP contribution in [-0.2, 0) is 14.3 Å². The number of imide groups is 1. The molecule has 3 aliphatic rings. The molecule has 0 aliphatic carbocycles. The number of hydrogen-bond donors (Lipinski definition) is 1. The summed E-state index contributed by atoms with van der Waals surface area (Å²) in [7, 11) is 0. The van der Waals surface area contributed by atoms with Crippen molar-refractivity contribution in [1.29, 1.82) is 0 Å². The van der Waals surface area contributed by atoms with Crippen LogP contribution in [0.15, 0.2) is 36.4 Å². The van der Waals surface area contributed by atoms with Crippen molar-refractivity contribution >= 4 is 17.5 Å². The Morgan fingerprint density at radius 2 is 1.58 bits per heavy atom. The van der Waals surface area contributed by atoms with Crippen molar-refractivity contribution in [2.75, 3.05) is 4.90 Å². The number of carbonyl (C=O) groups is 2. The number of nitrogens with zero attached hydrogens (tertiary/aromatic N) is 1. The van der Waals surface area contributed by atoms with Gasteiger partial charge in [0.05, 0.1) is 29.7 Å². The Balaban J connectivity index is 1.79. The molecule has 5 nitrogen and oxygen atoms in total. The van der Waals surface area contributed by atoms with E-state index in [-0.39, 0.29) is 35.5 Å². The lowest BCUT2D eigenvalue weighted by Crippen LogP contribution is -2.34. The highest BCUT2D eigenvalue weighted by molar-refractivity contribution is 6.23. The van der Waals surface area contributed by atoms with E-state index in [1.54, 1.807) is 18.2 Å². The molecule has 5 heteroatoms. The number of fused-ring (bicyclic) bond motifs is 5. The molecular formula is C14H11NO4. The molecule has 2 fully saturated rings. The van der Waals surface area contributed by atoms with E-state index in [2.05, 4.69) is 0 Å². The normalized spacial score (nSPS) is 35.3. The first-order chi connectivity index (χ1) is 9.18. The van der Waals surface area contributed by atoms with Crippen molar-refractivity contribution in [2.24, 2.45) is 11.8 Å². The van der Waals surface area contributed by atoms with Crippen LogP contribution in [-0.4, -0.2) is 29.1 Å². The van der Waals surface area contributed by atoms with Crippen molar-refractivity contribution in [3.8, 4) is 5.75 Å².